The molecule has 0 aliphatic rings. The van der Waals surface area contributed by atoms with Gasteiger partial charge in [0.05, 0.1) is 11.9 Å². The summed E-state index contributed by atoms with van der Waals surface area (Å²) in [4.78, 5) is 4.53. The van der Waals surface area contributed by atoms with Gasteiger partial charge >= 0.3 is 0 Å². The van der Waals surface area contributed by atoms with Crippen LogP contribution in [0.4, 0.5) is 5.82 Å². The minimum Gasteiger partial charge on any atom is -0.384 e. The third kappa shape index (κ3) is 1.45. The number of nitrogen functional groups attached to an aromatic ring is 1. The Bertz CT molecular complexity index is 674. The predicted octanol–water partition coefficient (Wildman–Crippen LogP) is 0.951. The Labute approximate surface area is 97.7 Å². The van der Waals surface area contributed by atoms with E-state index in [1.165, 1.54) is 0 Å². The molecule has 0 bridgehead atoms. The first kappa shape index (κ1) is 9.83. The number of pyridine rings is 1. The fourth-order valence-corrected chi connectivity index (χ4v) is 1.77. The second-order valence-corrected chi connectivity index (χ2v) is 3.96. The van der Waals surface area contributed by atoms with Crippen LogP contribution in [0, 0.1) is 0 Å². The summed E-state index contributed by atoms with van der Waals surface area (Å²) in [6.45, 7) is 0. The zero-order chi connectivity index (χ0) is 12.0. The zero-order valence-electron chi connectivity index (χ0n) is 9.62. The Morgan fingerprint density at radius 1 is 1.12 bits per heavy atom. The van der Waals surface area contributed by atoms with Crippen LogP contribution in [0.3, 0.4) is 0 Å². The molecule has 6 nitrogen and oxygen atoms in total. The van der Waals surface area contributed by atoms with Crippen LogP contribution in [0.1, 0.15) is 0 Å². The number of rotatable bonds is 1. The Kier molecular flexibility index (Phi) is 1.91. The van der Waals surface area contributed by atoms with E-state index in [-0.39, 0.29) is 0 Å². The Hall–Kier alpha value is -2.37. The molecule has 0 aliphatic heterocycles. The maximum absolute atomic E-state index is 5.76. The molecule has 0 aromatic carbocycles. The van der Waals surface area contributed by atoms with Crippen LogP contribution < -0.4 is 5.73 Å². The minimum absolute atomic E-state index is 0.618. The van der Waals surface area contributed by atoms with Crippen LogP contribution in [-0.2, 0) is 14.1 Å². The highest BCUT2D eigenvalue weighted by molar-refractivity contribution is 5.77. The van der Waals surface area contributed by atoms with Crippen molar-refractivity contribution in [3.63, 3.8) is 0 Å². The third-order valence-corrected chi connectivity index (χ3v) is 2.76. The molecule has 0 spiro atoms. The summed E-state index contributed by atoms with van der Waals surface area (Å²) in [5.74, 6) is 0.618. The maximum atomic E-state index is 5.76. The normalized spacial score (nSPS) is 11.2. The topological polar surface area (TPSA) is 74.5 Å². The number of nitrogens with zero attached hydrogens (tertiary/aromatic N) is 5. The van der Waals surface area contributed by atoms with Crippen molar-refractivity contribution in [1.82, 2.24) is 24.5 Å². The average molecular weight is 228 g/mol. The average Bonchev–Trinajstić information content (AvgIpc) is 2.84. The fraction of sp³-hybridized carbons (Fsp3) is 0.182. The molecule has 0 atom stereocenters. The number of aromatic nitrogens is 5. The van der Waals surface area contributed by atoms with E-state index in [2.05, 4.69) is 15.2 Å². The lowest BCUT2D eigenvalue weighted by Gasteiger charge is -1.97. The van der Waals surface area contributed by atoms with Crippen molar-refractivity contribution in [3.05, 3.63) is 24.4 Å². The summed E-state index contributed by atoms with van der Waals surface area (Å²) in [7, 11) is 3.67. The number of anilines is 1. The van der Waals surface area contributed by atoms with Gasteiger partial charge < -0.3 is 5.73 Å². The SMILES string of the molecule is Cn1nc(-c2ccc3cnn(C)c3n2)cc1N. The molecule has 0 fully saturated rings. The molecule has 0 saturated heterocycles. The van der Waals surface area contributed by atoms with Gasteiger partial charge in [-0.1, -0.05) is 0 Å². The Morgan fingerprint density at radius 2 is 1.94 bits per heavy atom. The van der Waals surface area contributed by atoms with Gasteiger partial charge in [0, 0.05) is 25.5 Å². The van der Waals surface area contributed by atoms with Gasteiger partial charge in [-0.05, 0) is 12.1 Å². The van der Waals surface area contributed by atoms with Crippen molar-refractivity contribution in [2.45, 2.75) is 0 Å². The third-order valence-electron chi connectivity index (χ3n) is 2.76. The molecular weight excluding hydrogens is 216 g/mol. The molecule has 6 heteroatoms. The second kappa shape index (κ2) is 3.31. The summed E-state index contributed by atoms with van der Waals surface area (Å²) >= 11 is 0. The van der Waals surface area contributed by atoms with Crippen molar-refractivity contribution in [3.8, 4) is 11.4 Å². The summed E-state index contributed by atoms with van der Waals surface area (Å²) in [5.41, 5.74) is 8.17. The fourth-order valence-electron chi connectivity index (χ4n) is 1.77. The molecule has 0 aliphatic carbocycles. The highest BCUT2D eigenvalue weighted by Crippen LogP contribution is 2.20. The molecule has 86 valence electrons. The molecule has 0 saturated carbocycles. The van der Waals surface area contributed by atoms with Crippen molar-refractivity contribution in [2.75, 3.05) is 5.73 Å². The van der Waals surface area contributed by atoms with E-state index in [0.717, 1.165) is 22.4 Å². The quantitative estimate of drug-likeness (QED) is 0.673. The van der Waals surface area contributed by atoms with E-state index in [0.29, 0.717) is 5.82 Å². The van der Waals surface area contributed by atoms with E-state index < -0.39 is 0 Å². The zero-order valence-corrected chi connectivity index (χ0v) is 9.62. The van der Waals surface area contributed by atoms with Crippen molar-refractivity contribution >= 4 is 16.9 Å². The minimum atomic E-state index is 0.618. The summed E-state index contributed by atoms with van der Waals surface area (Å²) in [6.07, 6.45) is 1.79. The van der Waals surface area contributed by atoms with Gasteiger partial charge in [0.1, 0.15) is 11.5 Å². The van der Waals surface area contributed by atoms with Gasteiger partial charge in [-0.2, -0.15) is 10.2 Å². The molecule has 3 rings (SSSR count). The Morgan fingerprint density at radius 3 is 2.65 bits per heavy atom. The van der Waals surface area contributed by atoms with Crippen molar-refractivity contribution < 1.29 is 0 Å². The van der Waals surface area contributed by atoms with Gasteiger partial charge in [0.25, 0.3) is 0 Å². The lowest BCUT2D eigenvalue weighted by atomic mass is 10.2. The Balaban J connectivity index is 2.20. The first-order valence-electron chi connectivity index (χ1n) is 5.24. The van der Waals surface area contributed by atoms with Gasteiger partial charge in [-0.15, -0.1) is 0 Å². The van der Waals surface area contributed by atoms with E-state index in [1.807, 2.05) is 25.2 Å². The number of hydrogen-bond acceptors (Lipinski definition) is 4. The second-order valence-electron chi connectivity index (χ2n) is 3.96. The van der Waals surface area contributed by atoms with E-state index >= 15 is 0 Å². The van der Waals surface area contributed by atoms with Gasteiger partial charge in [0.15, 0.2) is 5.65 Å². The van der Waals surface area contributed by atoms with E-state index in [1.54, 1.807) is 22.6 Å². The molecule has 3 heterocycles. The largest absolute Gasteiger partial charge is 0.384 e. The standard InChI is InChI=1S/C11H12N6/c1-16-10(12)5-9(15-16)8-4-3-7-6-13-17(2)11(7)14-8/h3-6H,12H2,1-2H3. The molecule has 17 heavy (non-hydrogen) atoms. The van der Waals surface area contributed by atoms with Crippen molar-refractivity contribution in [1.29, 1.82) is 0 Å². The summed E-state index contributed by atoms with van der Waals surface area (Å²) in [5, 5.41) is 9.47. The van der Waals surface area contributed by atoms with Crippen LogP contribution in [-0.4, -0.2) is 24.5 Å². The number of hydrogen-bond donors (Lipinski definition) is 1. The van der Waals surface area contributed by atoms with Crippen LogP contribution in [0.15, 0.2) is 24.4 Å². The van der Waals surface area contributed by atoms with Crippen LogP contribution >= 0.6 is 0 Å². The van der Waals surface area contributed by atoms with Crippen LogP contribution in [0.2, 0.25) is 0 Å². The summed E-state index contributed by atoms with van der Waals surface area (Å²) in [6, 6.07) is 5.71. The number of fused-ring (bicyclic) bond motifs is 1. The summed E-state index contributed by atoms with van der Waals surface area (Å²) < 4.78 is 3.37. The monoisotopic (exact) mass is 228 g/mol. The molecule has 0 amide bonds. The molecule has 0 unspecified atom stereocenters. The highest BCUT2D eigenvalue weighted by atomic mass is 15.3. The molecule has 0 radical (unpaired) electrons. The maximum Gasteiger partial charge on any atom is 0.158 e. The predicted molar refractivity (Wildman–Crippen MR) is 65.1 cm³/mol. The first-order valence-corrected chi connectivity index (χ1v) is 5.24. The van der Waals surface area contributed by atoms with Gasteiger partial charge in [-0.25, -0.2) is 4.98 Å². The number of nitrogens with two attached hydrogens (primary N) is 1. The number of aryl methyl sites for hydroxylation is 2. The van der Waals surface area contributed by atoms with Crippen molar-refractivity contribution in [2.24, 2.45) is 14.1 Å². The first-order chi connectivity index (χ1) is 8.15. The highest BCUT2D eigenvalue weighted by Gasteiger charge is 2.08. The van der Waals surface area contributed by atoms with Gasteiger partial charge in [-0.3, -0.25) is 9.36 Å². The molecule has 3 aromatic rings. The van der Waals surface area contributed by atoms with Crippen LogP contribution in [0.5, 0.6) is 0 Å². The molecule has 2 N–H and O–H groups in total. The smallest absolute Gasteiger partial charge is 0.158 e. The molecule has 3 aromatic heterocycles. The molecular formula is C11H12N6. The lowest BCUT2D eigenvalue weighted by Crippen LogP contribution is -1.97. The van der Waals surface area contributed by atoms with E-state index in [4.69, 9.17) is 5.73 Å². The van der Waals surface area contributed by atoms with Crippen LogP contribution in [0.25, 0.3) is 22.4 Å². The van der Waals surface area contributed by atoms with Gasteiger partial charge in [0.2, 0.25) is 0 Å². The van der Waals surface area contributed by atoms with E-state index in [9.17, 15) is 0 Å². The lowest BCUT2D eigenvalue weighted by molar-refractivity contribution is 0.778.